The van der Waals surface area contributed by atoms with E-state index in [0.29, 0.717) is 24.0 Å². The summed E-state index contributed by atoms with van der Waals surface area (Å²) in [5.74, 6) is 2.30. The van der Waals surface area contributed by atoms with Gasteiger partial charge in [0.15, 0.2) is 5.82 Å². The first-order valence-corrected chi connectivity index (χ1v) is 11.1. The number of anilines is 3. The van der Waals surface area contributed by atoms with Gasteiger partial charge in [0, 0.05) is 23.3 Å². The first kappa shape index (κ1) is 19.3. The summed E-state index contributed by atoms with van der Waals surface area (Å²) in [6, 6.07) is 13.9. The van der Waals surface area contributed by atoms with Crippen LogP contribution in [0.2, 0.25) is 0 Å². The van der Waals surface area contributed by atoms with Crippen LogP contribution in [-0.4, -0.2) is 17.2 Å². The van der Waals surface area contributed by atoms with Gasteiger partial charge in [-0.05, 0) is 68.7 Å². The first-order valence-electron chi connectivity index (χ1n) is 11.1. The molecular weight excluding hydrogens is 342 g/mol. The fourth-order valence-corrected chi connectivity index (χ4v) is 6.25. The van der Waals surface area contributed by atoms with Crippen LogP contribution in [0.1, 0.15) is 72.3 Å². The summed E-state index contributed by atoms with van der Waals surface area (Å²) in [6.07, 6.45) is 5.78. The number of pyridine rings is 1. The van der Waals surface area contributed by atoms with Gasteiger partial charge in [0.1, 0.15) is 6.17 Å². The predicted molar refractivity (Wildman–Crippen MR) is 119 cm³/mol. The molecule has 3 nitrogen and oxygen atoms in total. The van der Waals surface area contributed by atoms with Crippen LogP contribution in [-0.2, 0) is 0 Å². The number of benzene rings is 1. The minimum atomic E-state index is 0.199. The lowest BCUT2D eigenvalue weighted by atomic mass is 9.63. The summed E-state index contributed by atoms with van der Waals surface area (Å²) < 4.78 is 0. The van der Waals surface area contributed by atoms with E-state index in [1.54, 1.807) is 0 Å². The average Bonchev–Trinajstić information content (AvgIpc) is 3.02. The van der Waals surface area contributed by atoms with Crippen LogP contribution >= 0.6 is 0 Å². The van der Waals surface area contributed by atoms with Crippen LogP contribution in [0.5, 0.6) is 0 Å². The molecule has 0 amide bonds. The number of rotatable bonds is 4. The number of hydrogen-bond donors (Lipinski definition) is 0. The smallest absolute Gasteiger partial charge is 0.158 e. The van der Waals surface area contributed by atoms with E-state index >= 15 is 0 Å². The Balaban J connectivity index is 2.07. The van der Waals surface area contributed by atoms with Crippen molar-refractivity contribution in [2.45, 2.75) is 78.9 Å². The van der Waals surface area contributed by atoms with Crippen molar-refractivity contribution in [1.82, 2.24) is 4.98 Å². The number of para-hydroxylation sites is 1. The van der Waals surface area contributed by atoms with E-state index in [4.69, 9.17) is 4.98 Å². The Hall–Kier alpha value is -2.03. The minimum Gasteiger partial charge on any atom is -0.345 e. The molecule has 28 heavy (non-hydrogen) atoms. The van der Waals surface area contributed by atoms with Gasteiger partial charge in [-0.3, -0.25) is 0 Å². The van der Waals surface area contributed by atoms with Crippen molar-refractivity contribution in [3.63, 3.8) is 0 Å². The van der Waals surface area contributed by atoms with Crippen molar-refractivity contribution in [3.8, 4) is 0 Å². The summed E-state index contributed by atoms with van der Waals surface area (Å²) in [6.45, 7) is 14.3. The van der Waals surface area contributed by atoms with E-state index in [-0.39, 0.29) is 5.41 Å². The Morgan fingerprint density at radius 3 is 2.32 bits per heavy atom. The van der Waals surface area contributed by atoms with Crippen LogP contribution in [0.4, 0.5) is 17.2 Å². The van der Waals surface area contributed by atoms with Crippen LogP contribution < -0.4 is 9.80 Å². The van der Waals surface area contributed by atoms with E-state index in [2.05, 4.69) is 87.7 Å². The molecule has 3 heteroatoms. The van der Waals surface area contributed by atoms with E-state index < -0.39 is 0 Å². The Morgan fingerprint density at radius 1 is 1.00 bits per heavy atom. The Labute approximate surface area is 170 Å². The summed E-state index contributed by atoms with van der Waals surface area (Å²) >= 11 is 0. The van der Waals surface area contributed by atoms with Crippen molar-refractivity contribution in [1.29, 1.82) is 0 Å². The zero-order valence-electron chi connectivity index (χ0n) is 18.3. The molecule has 0 saturated carbocycles. The van der Waals surface area contributed by atoms with Crippen molar-refractivity contribution < 1.29 is 0 Å². The molecule has 3 heterocycles. The number of aromatic nitrogens is 1. The lowest BCUT2D eigenvalue weighted by Crippen LogP contribution is -2.57. The van der Waals surface area contributed by atoms with Gasteiger partial charge in [-0.2, -0.15) is 0 Å². The van der Waals surface area contributed by atoms with Crippen molar-refractivity contribution in [2.75, 3.05) is 9.80 Å². The molecule has 1 aromatic heterocycles. The summed E-state index contributed by atoms with van der Waals surface area (Å²) in [5.41, 5.74) is 4.34. The second kappa shape index (κ2) is 7.09. The standard InChI is InChI=1S/C25H35N3/c1-7-19-18(6)25(8-2,9-3)24-27(17(4)5)22-15-12-16-26-23(22)28(24)21-14-11-10-13-20(19)21/h10-19,24H,7-9H2,1-6H3. The second-order valence-corrected chi connectivity index (χ2v) is 8.89. The summed E-state index contributed by atoms with van der Waals surface area (Å²) in [5, 5.41) is 0. The molecule has 2 aromatic rings. The van der Waals surface area contributed by atoms with Crippen LogP contribution in [0.25, 0.3) is 0 Å². The fraction of sp³-hybridized carbons (Fsp3) is 0.560. The molecule has 2 aliphatic rings. The van der Waals surface area contributed by atoms with E-state index in [9.17, 15) is 0 Å². The van der Waals surface area contributed by atoms with Gasteiger partial charge in [-0.15, -0.1) is 0 Å². The Bertz CT molecular complexity index is 839. The van der Waals surface area contributed by atoms with Gasteiger partial charge in [0.2, 0.25) is 0 Å². The highest BCUT2D eigenvalue weighted by atomic mass is 15.5. The monoisotopic (exact) mass is 377 g/mol. The highest BCUT2D eigenvalue weighted by Gasteiger charge is 2.56. The molecule has 0 fully saturated rings. The normalized spacial score (nSPS) is 25.3. The van der Waals surface area contributed by atoms with Gasteiger partial charge in [0.25, 0.3) is 0 Å². The largest absolute Gasteiger partial charge is 0.345 e. The zero-order chi connectivity index (χ0) is 20.1. The average molecular weight is 378 g/mol. The van der Waals surface area contributed by atoms with Crippen LogP contribution in [0.15, 0.2) is 42.6 Å². The third-order valence-electron chi connectivity index (χ3n) is 7.71. The molecule has 2 aliphatic heterocycles. The van der Waals surface area contributed by atoms with Crippen LogP contribution in [0, 0.1) is 11.3 Å². The Morgan fingerprint density at radius 2 is 1.68 bits per heavy atom. The third-order valence-corrected chi connectivity index (χ3v) is 7.71. The molecular formula is C25H35N3. The molecule has 0 saturated heterocycles. The molecule has 3 atom stereocenters. The maximum absolute atomic E-state index is 4.91. The van der Waals surface area contributed by atoms with Gasteiger partial charge in [-0.25, -0.2) is 4.98 Å². The third kappa shape index (κ3) is 2.44. The SMILES string of the molecule is CCC1c2ccccc2N2c3ncccc3N(C(C)C)C2C(CC)(CC)C1C. The topological polar surface area (TPSA) is 19.4 Å². The van der Waals surface area contributed by atoms with Gasteiger partial charge < -0.3 is 9.80 Å². The van der Waals surface area contributed by atoms with Gasteiger partial charge in [0.05, 0.1) is 5.69 Å². The Kier molecular flexibility index (Phi) is 4.89. The fourth-order valence-electron chi connectivity index (χ4n) is 6.25. The molecule has 0 radical (unpaired) electrons. The van der Waals surface area contributed by atoms with E-state index in [0.717, 1.165) is 5.82 Å². The maximum Gasteiger partial charge on any atom is 0.158 e. The number of fused-ring (bicyclic) bond motifs is 5. The molecule has 150 valence electrons. The summed E-state index contributed by atoms with van der Waals surface area (Å²) in [4.78, 5) is 10.2. The molecule has 0 N–H and O–H groups in total. The first-order chi connectivity index (χ1) is 13.5. The molecule has 1 aromatic carbocycles. The van der Waals surface area contributed by atoms with Gasteiger partial charge >= 0.3 is 0 Å². The highest BCUT2D eigenvalue weighted by Crippen LogP contribution is 2.60. The maximum atomic E-state index is 4.91. The second-order valence-electron chi connectivity index (χ2n) is 8.89. The number of hydrogen-bond acceptors (Lipinski definition) is 3. The molecule has 0 bridgehead atoms. The van der Waals surface area contributed by atoms with Crippen molar-refractivity contribution in [2.24, 2.45) is 11.3 Å². The predicted octanol–water partition coefficient (Wildman–Crippen LogP) is 6.72. The molecule has 0 spiro atoms. The van der Waals surface area contributed by atoms with E-state index in [1.165, 1.54) is 36.2 Å². The molecule has 4 rings (SSSR count). The molecule has 3 unspecified atom stereocenters. The minimum absolute atomic E-state index is 0.199. The zero-order valence-corrected chi connectivity index (χ0v) is 18.3. The van der Waals surface area contributed by atoms with Crippen LogP contribution in [0.3, 0.4) is 0 Å². The lowest BCUT2D eigenvalue weighted by molar-refractivity contribution is 0.0947. The van der Waals surface area contributed by atoms with Gasteiger partial charge in [-0.1, -0.05) is 45.9 Å². The van der Waals surface area contributed by atoms with Crippen molar-refractivity contribution >= 4 is 17.2 Å². The molecule has 0 aliphatic carbocycles. The van der Waals surface area contributed by atoms with Crippen molar-refractivity contribution in [3.05, 3.63) is 48.2 Å². The quantitative estimate of drug-likeness (QED) is 0.589. The van der Waals surface area contributed by atoms with E-state index in [1.807, 2.05) is 6.20 Å². The lowest BCUT2D eigenvalue weighted by Gasteiger charge is -2.50. The highest BCUT2D eigenvalue weighted by molar-refractivity contribution is 5.83. The number of nitrogens with zero attached hydrogens (tertiary/aromatic N) is 3. The summed E-state index contributed by atoms with van der Waals surface area (Å²) in [7, 11) is 0.